The van der Waals surface area contributed by atoms with Crippen LogP contribution in [0.4, 0.5) is 4.39 Å². The molecule has 0 bridgehead atoms. The molecule has 82 valence electrons. The number of hydrogen-bond donors (Lipinski definition) is 0. The molecule has 0 aliphatic rings. The van der Waals surface area contributed by atoms with Crippen molar-refractivity contribution in [2.75, 3.05) is 7.05 Å². The highest BCUT2D eigenvalue weighted by Gasteiger charge is 2.18. The lowest BCUT2D eigenvalue weighted by Crippen LogP contribution is -2.31. The van der Waals surface area contributed by atoms with Crippen molar-refractivity contribution in [3.8, 4) is 0 Å². The predicted octanol–water partition coefficient (Wildman–Crippen LogP) is 2.94. The van der Waals surface area contributed by atoms with E-state index in [9.17, 15) is 9.18 Å². The molecule has 1 aromatic rings. The van der Waals surface area contributed by atoms with Gasteiger partial charge in [0, 0.05) is 18.1 Å². The van der Waals surface area contributed by atoms with Crippen molar-refractivity contribution in [3.63, 3.8) is 0 Å². The van der Waals surface area contributed by atoms with E-state index in [0.717, 1.165) is 10.0 Å². The Morgan fingerprint density at radius 2 is 2.07 bits per heavy atom. The molecule has 0 N–H and O–H groups in total. The highest BCUT2D eigenvalue weighted by atomic mass is 79.9. The van der Waals surface area contributed by atoms with E-state index >= 15 is 0 Å². The zero-order chi connectivity index (χ0) is 11.4. The molecule has 0 saturated heterocycles. The van der Waals surface area contributed by atoms with Crippen LogP contribution >= 0.6 is 27.5 Å². The lowest BCUT2D eigenvalue weighted by molar-refractivity contribution is -0.132. The minimum absolute atomic E-state index is 0.346. The van der Waals surface area contributed by atoms with Crippen LogP contribution in [0, 0.1) is 0 Å². The lowest BCUT2D eigenvalue weighted by atomic mass is 10.2. The normalized spacial score (nSPS) is 12.3. The molecule has 0 aliphatic carbocycles. The van der Waals surface area contributed by atoms with Crippen LogP contribution in [0.2, 0.25) is 0 Å². The maximum atomic E-state index is 12.5. The molecule has 1 rings (SSSR count). The third kappa shape index (κ3) is 3.80. The SMILES string of the molecule is CN(Cc1ccc(Br)cc1)C(=O)C(F)Cl. The van der Waals surface area contributed by atoms with E-state index < -0.39 is 11.5 Å². The van der Waals surface area contributed by atoms with Gasteiger partial charge in [-0.2, -0.15) is 0 Å². The summed E-state index contributed by atoms with van der Waals surface area (Å²) in [6.07, 6.45) is 0. The molecule has 0 aliphatic heterocycles. The Kier molecular flexibility index (Phi) is 4.54. The highest BCUT2D eigenvalue weighted by Crippen LogP contribution is 2.12. The van der Waals surface area contributed by atoms with E-state index in [1.165, 1.54) is 11.9 Å². The summed E-state index contributed by atoms with van der Waals surface area (Å²) in [5, 5.41) is 0. The van der Waals surface area contributed by atoms with Gasteiger partial charge in [0.25, 0.3) is 11.5 Å². The van der Waals surface area contributed by atoms with Gasteiger partial charge in [-0.05, 0) is 17.7 Å². The summed E-state index contributed by atoms with van der Waals surface area (Å²) in [6.45, 7) is 0.346. The third-order valence-electron chi connectivity index (χ3n) is 1.90. The summed E-state index contributed by atoms with van der Waals surface area (Å²) in [5.74, 6) is -0.723. The van der Waals surface area contributed by atoms with Gasteiger partial charge in [0.15, 0.2) is 0 Å². The highest BCUT2D eigenvalue weighted by molar-refractivity contribution is 9.10. The average Bonchev–Trinajstić information content (AvgIpc) is 2.20. The number of carbonyl (C=O) groups is 1. The average molecular weight is 295 g/mol. The van der Waals surface area contributed by atoms with Crippen LogP contribution < -0.4 is 0 Å². The molecule has 0 radical (unpaired) electrons. The molecule has 0 saturated carbocycles. The number of nitrogens with zero attached hydrogens (tertiary/aromatic N) is 1. The Bertz CT molecular complexity index is 342. The Morgan fingerprint density at radius 3 is 2.53 bits per heavy atom. The molecule has 0 spiro atoms. The second-order valence-corrected chi connectivity index (χ2v) is 4.42. The number of alkyl halides is 2. The first kappa shape index (κ1) is 12.5. The van der Waals surface area contributed by atoms with Crippen LogP contribution in [0.25, 0.3) is 0 Å². The molecule has 15 heavy (non-hydrogen) atoms. The Balaban J connectivity index is 2.62. The topological polar surface area (TPSA) is 20.3 Å². The van der Waals surface area contributed by atoms with Crippen molar-refractivity contribution >= 4 is 33.4 Å². The largest absolute Gasteiger partial charge is 0.338 e. The summed E-state index contributed by atoms with van der Waals surface area (Å²) in [4.78, 5) is 12.4. The number of amides is 1. The van der Waals surface area contributed by atoms with Crippen molar-refractivity contribution in [2.45, 2.75) is 12.2 Å². The van der Waals surface area contributed by atoms with Gasteiger partial charge in [0.2, 0.25) is 0 Å². The smallest absolute Gasteiger partial charge is 0.272 e. The monoisotopic (exact) mass is 293 g/mol. The summed E-state index contributed by atoms with van der Waals surface area (Å²) < 4.78 is 13.4. The number of hydrogen-bond acceptors (Lipinski definition) is 1. The molecule has 2 nitrogen and oxygen atoms in total. The van der Waals surface area contributed by atoms with E-state index in [0.29, 0.717) is 6.54 Å². The first-order valence-corrected chi connectivity index (χ1v) is 5.51. The zero-order valence-electron chi connectivity index (χ0n) is 8.08. The second-order valence-electron chi connectivity index (χ2n) is 3.12. The summed E-state index contributed by atoms with van der Waals surface area (Å²) in [6, 6.07) is 7.44. The Morgan fingerprint density at radius 1 is 1.53 bits per heavy atom. The maximum Gasteiger partial charge on any atom is 0.272 e. The fourth-order valence-corrected chi connectivity index (χ4v) is 1.54. The van der Waals surface area contributed by atoms with Crippen LogP contribution in [0.1, 0.15) is 5.56 Å². The molecule has 1 amide bonds. The standard InChI is InChI=1S/C10H10BrClFNO/c1-14(10(15)9(12)13)6-7-2-4-8(11)5-3-7/h2-5,9H,6H2,1H3. The van der Waals surface area contributed by atoms with Gasteiger partial charge in [0.1, 0.15) is 0 Å². The van der Waals surface area contributed by atoms with Gasteiger partial charge in [0.05, 0.1) is 0 Å². The quantitative estimate of drug-likeness (QED) is 0.785. The first-order valence-electron chi connectivity index (χ1n) is 4.28. The summed E-state index contributed by atoms with van der Waals surface area (Å²) in [7, 11) is 1.51. The number of benzene rings is 1. The van der Waals surface area contributed by atoms with Gasteiger partial charge in [-0.3, -0.25) is 4.79 Å². The molecule has 0 heterocycles. The first-order chi connectivity index (χ1) is 7.00. The fraction of sp³-hybridized carbons (Fsp3) is 0.300. The lowest BCUT2D eigenvalue weighted by Gasteiger charge is -2.17. The second kappa shape index (κ2) is 5.47. The fourth-order valence-electron chi connectivity index (χ4n) is 1.11. The minimum Gasteiger partial charge on any atom is -0.338 e. The van der Waals surface area contributed by atoms with Crippen molar-refractivity contribution in [1.29, 1.82) is 0 Å². The van der Waals surface area contributed by atoms with Crippen LogP contribution in [-0.4, -0.2) is 23.5 Å². The van der Waals surface area contributed by atoms with E-state index in [4.69, 9.17) is 11.6 Å². The van der Waals surface area contributed by atoms with Gasteiger partial charge in [-0.25, -0.2) is 4.39 Å². The number of halogens is 3. The van der Waals surface area contributed by atoms with E-state index in [1.807, 2.05) is 24.3 Å². The zero-order valence-corrected chi connectivity index (χ0v) is 10.4. The van der Waals surface area contributed by atoms with Gasteiger partial charge in [-0.15, -0.1) is 0 Å². The molecule has 0 fully saturated rings. The predicted molar refractivity (Wildman–Crippen MR) is 61.4 cm³/mol. The Hall–Kier alpha value is -0.610. The van der Waals surface area contributed by atoms with Crippen molar-refractivity contribution in [1.82, 2.24) is 4.90 Å². The summed E-state index contributed by atoms with van der Waals surface area (Å²) in [5.41, 5.74) is -1.04. The number of carbonyl (C=O) groups excluding carboxylic acids is 1. The van der Waals surface area contributed by atoms with Crippen LogP contribution in [0.5, 0.6) is 0 Å². The third-order valence-corrected chi connectivity index (χ3v) is 2.61. The molecule has 1 atom stereocenters. The van der Waals surface area contributed by atoms with Gasteiger partial charge < -0.3 is 4.90 Å². The minimum atomic E-state index is -1.97. The van der Waals surface area contributed by atoms with Crippen LogP contribution in [0.3, 0.4) is 0 Å². The van der Waals surface area contributed by atoms with E-state index in [2.05, 4.69) is 15.9 Å². The molecular weight excluding hydrogens is 284 g/mol. The van der Waals surface area contributed by atoms with E-state index in [1.54, 1.807) is 0 Å². The van der Waals surface area contributed by atoms with Crippen LogP contribution in [0.15, 0.2) is 28.7 Å². The van der Waals surface area contributed by atoms with Crippen LogP contribution in [-0.2, 0) is 11.3 Å². The van der Waals surface area contributed by atoms with E-state index in [-0.39, 0.29) is 0 Å². The molecule has 5 heteroatoms. The maximum absolute atomic E-state index is 12.5. The van der Waals surface area contributed by atoms with Crippen molar-refractivity contribution < 1.29 is 9.18 Å². The Labute approximate surface area is 101 Å². The molecule has 1 aromatic carbocycles. The molecule has 1 unspecified atom stereocenters. The molecule has 0 aromatic heterocycles. The van der Waals surface area contributed by atoms with Crippen molar-refractivity contribution in [3.05, 3.63) is 34.3 Å². The number of rotatable bonds is 3. The summed E-state index contributed by atoms with van der Waals surface area (Å²) >= 11 is 8.35. The van der Waals surface area contributed by atoms with Gasteiger partial charge in [-0.1, -0.05) is 39.7 Å². The molecular formula is C10H10BrClFNO. The van der Waals surface area contributed by atoms with Crippen molar-refractivity contribution in [2.24, 2.45) is 0 Å². The van der Waals surface area contributed by atoms with Gasteiger partial charge >= 0.3 is 0 Å².